The highest BCUT2D eigenvalue weighted by molar-refractivity contribution is 7.92. The Balaban J connectivity index is 2.13. The number of rotatable bonds is 8. The van der Waals surface area contributed by atoms with Crippen molar-refractivity contribution in [2.45, 2.75) is 25.7 Å². The summed E-state index contributed by atoms with van der Waals surface area (Å²) in [7, 11) is -3.61. The largest absolute Gasteiger partial charge is 0.494 e. The van der Waals surface area contributed by atoms with Crippen LogP contribution in [0.5, 0.6) is 5.75 Å². The SMILES string of the molecule is CCOc1ccc(S(=O)(=O)Nc2ccc(N(CC)CC)cc2)cc1. The molecule has 0 spiro atoms. The molecule has 2 aromatic carbocycles. The van der Waals surface area contributed by atoms with E-state index in [9.17, 15) is 8.42 Å². The molecule has 6 heteroatoms. The van der Waals surface area contributed by atoms with E-state index in [-0.39, 0.29) is 4.90 Å². The Morgan fingerprint density at radius 3 is 2.00 bits per heavy atom. The molecule has 0 amide bonds. The Hall–Kier alpha value is -2.21. The summed E-state index contributed by atoms with van der Waals surface area (Å²) in [5.41, 5.74) is 1.61. The molecule has 130 valence electrons. The lowest BCUT2D eigenvalue weighted by atomic mass is 10.2. The molecule has 0 aliphatic rings. The van der Waals surface area contributed by atoms with Crippen molar-refractivity contribution < 1.29 is 13.2 Å². The van der Waals surface area contributed by atoms with Gasteiger partial charge in [-0.1, -0.05) is 0 Å². The third-order valence-corrected chi connectivity index (χ3v) is 5.09. The van der Waals surface area contributed by atoms with Crippen LogP contribution >= 0.6 is 0 Å². The number of anilines is 2. The number of benzene rings is 2. The van der Waals surface area contributed by atoms with Crippen molar-refractivity contribution in [2.75, 3.05) is 29.3 Å². The third kappa shape index (κ3) is 4.41. The fourth-order valence-corrected chi connectivity index (χ4v) is 3.48. The highest BCUT2D eigenvalue weighted by Crippen LogP contribution is 2.22. The van der Waals surface area contributed by atoms with Gasteiger partial charge in [0.25, 0.3) is 10.0 Å². The summed E-state index contributed by atoms with van der Waals surface area (Å²) < 4.78 is 32.8. The van der Waals surface area contributed by atoms with Gasteiger partial charge in [0.1, 0.15) is 5.75 Å². The summed E-state index contributed by atoms with van der Waals surface area (Å²) in [4.78, 5) is 2.41. The van der Waals surface area contributed by atoms with Crippen molar-refractivity contribution in [1.29, 1.82) is 0 Å². The minimum Gasteiger partial charge on any atom is -0.494 e. The molecule has 0 bridgehead atoms. The van der Waals surface area contributed by atoms with Crippen molar-refractivity contribution in [3.05, 3.63) is 48.5 Å². The van der Waals surface area contributed by atoms with Gasteiger partial charge in [0.05, 0.1) is 11.5 Å². The molecule has 2 aromatic rings. The monoisotopic (exact) mass is 348 g/mol. The van der Waals surface area contributed by atoms with E-state index < -0.39 is 10.0 Å². The fraction of sp³-hybridized carbons (Fsp3) is 0.333. The second kappa shape index (κ2) is 8.06. The van der Waals surface area contributed by atoms with Crippen LogP contribution in [0.15, 0.2) is 53.4 Å². The van der Waals surface area contributed by atoms with E-state index in [0.717, 1.165) is 18.8 Å². The van der Waals surface area contributed by atoms with Crippen LogP contribution in [-0.4, -0.2) is 28.1 Å². The van der Waals surface area contributed by atoms with Gasteiger partial charge in [-0.3, -0.25) is 4.72 Å². The average molecular weight is 348 g/mol. The van der Waals surface area contributed by atoms with Crippen LogP contribution in [0.3, 0.4) is 0 Å². The third-order valence-electron chi connectivity index (χ3n) is 3.69. The zero-order valence-electron chi connectivity index (χ0n) is 14.3. The molecule has 2 rings (SSSR count). The van der Waals surface area contributed by atoms with Crippen molar-refractivity contribution >= 4 is 21.4 Å². The maximum Gasteiger partial charge on any atom is 0.261 e. The van der Waals surface area contributed by atoms with E-state index in [2.05, 4.69) is 23.5 Å². The van der Waals surface area contributed by atoms with E-state index in [1.165, 1.54) is 12.1 Å². The van der Waals surface area contributed by atoms with Gasteiger partial charge in [-0.05, 0) is 69.3 Å². The van der Waals surface area contributed by atoms with Gasteiger partial charge in [-0.15, -0.1) is 0 Å². The summed E-state index contributed by atoms with van der Waals surface area (Å²) >= 11 is 0. The second-order valence-electron chi connectivity index (χ2n) is 5.23. The number of nitrogens with one attached hydrogen (secondary N) is 1. The van der Waals surface area contributed by atoms with E-state index >= 15 is 0 Å². The van der Waals surface area contributed by atoms with Crippen LogP contribution in [0, 0.1) is 0 Å². The smallest absolute Gasteiger partial charge is 0.261 e. The molecular formula is C18H24N2O3S. The quantitative estimate of drug-likeness (QED) is 0.790. The van der Waals surface area contributed by atoms with Gasteiger partial charge in [0.2, 0.25) is 0 Å². The van der Waals surface area contributed by atoms with Crippen LogP contribution in [0.25, 0.3) is 0 Å². The van der Waals surface area contributed by atoms with Crippen LogP contribution in [0.2, 0.25) is 0 Å². The van der Waals surface area contributed by atoms with Crippen LogP contribution in [0.4, 0.5) is 11.4 Å². The molecule has 0 aromatic heterocycles. The number of hydrogen-bond donors (Lipinski definition) is 1. The van der Waals surface area contributed by atoms with E-state index in [0.29, 0.717) is 18.0 Å². The summed E-state index contributed by atoms with van der Waals surface area (Å²) in [5.74, 6) is 0.653. The van der Waals surface area contributed by atoms with Gasteiger partial charge in [0.15, 0.2) is 0 Å². The number of sulfonamides is 1. The number of ether oxygens (including phenoxy) is 1. The minimum absolute atomic E-state index is 0.207. The van der Waals surface area contributed by atoms with Crippen molar-refractivity contribution in [3.63, 3.8) is 0 Å². The molecule has 24 heavy (non-hydrogen) atoms. The molecule has 0 saturated heterocycles. The predicted octanol–water partition coefficient (Wildman–Crippen LogP) is 3.73. The first-order valence-corrected chi connectivity index (χ1v) is 9.59. The molecule has 1 N–H and O–H groups in total. The van der Waals surface area contributed by atoms with Crippen molar-refractivity contribution in [3.8, 4) is 5.75 Å². The Labute approximate surface area is 144 Å². The molecule has 0 unspecified atom stereocenters. The van der Waals surface area contributed by atoms with Crippen LogP contribution < -0.4 is 14.4 Å². The second-order valence-corrected chi connectivity index (χ2v) is 6.91. The Morgan fingerprint density at radius 2 is 1.50 bits per heavy atom. The summed E-state index contributed by atoms with van der Waals surface area (Å²) in [5, 5.41) is 0. The molecule has 0 radical (unpaired) electrons. The summed E-state index contributed by atoms with van der Waals surface area (Å²) in [6.45, 7) is 8.43. The van der Waals surface area contributed by atoms with Gasteiger partial charge in [0, 0.05) is 24.5 Å². The number of nitrogens with zero attached hydrogens (tertiary/aromatic N) is 1. The molecule has 0 aliphatic heterocycles. The van der Waals surface area contributed by atoms with Gasteiger partial charge >= 0.3 is 0 Å². The first-order chi connectivity index (χ1) is 11.5. The van der Waals surface area contributed by atoms with E-state index in [1.807, 2.05) is 19.1 Å². The zero-order chi connectivity index (χ0) is 17.6. The van der Waals surface area contributed by atoms with Gasteiger partial charge < -0.3 is 9.64 Å². The first-order valence-electron chi connectivity index (χ1n) is 8.10. The number of hydrogen-bond acceptors (Lipinski definition) is 4. The van der Waals surface area contributed by atoms with E-state index in [1.54, 1.807) is 24.3 Å². The molecule has 0 aliphatic carbocycles. The lowest BCUT2D eigenvalue weighted by Crippen LogP contribution is -2.21. The average Bonchev–Trinajstić information content (AvgIpc) is 2.58. The Kier molecular flexibility index (Phi) is 6.09. The lowest BCUT2D eigenvalue weighted by Gasteiger charge is -2.21. The maximum absolute atomic E-state index is 12.4. The normalized spacial score (nSPS) is 11.1. The molecule has 0 heterocycles. The summed E-state index contributed by atoms with van der Waals surface area (Å²) in [6, 6.07) is 13.8. The highest BCUT2D eigenvalue weighted by atomic mass is 32.2. The standard InChI is InChI=1S/C18H24N2O3S/c1-4-20(5-2)16-9-7-15(8-10-16)19-24(21,22)18-13-11-17(12-14-18)23-6-3/h7-14,19H,4-6H2,1-3H3. The first kappa shape index (κ1) is 18.1. The highest BCUT2D eigenvalue weighted by Gasteiger charge is 2.14. The molecule has 0 atom stereocenters. The van der Waals surface area contributed by atoms with Gasteiger partial charge in [-0.25, -0.2) is 8.42 Å². The molecular weight excluding hydrogens is 324 g/mol. The van der Waals surface area contributed by atoms with Crippen LogP contribution in [-0.2, 0) is 10.0 Å². The lowest BCUT2D eigenvalue weighted by molar-refractivity contribution is 0.340. The maximum atomic E-state index is 12.4. The predicted molar refractivity (Wildman–Crippen MR) is 98.4 cm³/mol. The van der Waals surface area contributed by atoms with Crippen LogP contribution in [0.1, 0.15) is 20.8 Å². The van der Waals surface area contributed by atoms with E-state index in [4.69, 9.17) is 4.74 Å². The topological polar surface area (TPSA) is 58.6 Å². The van der Waals surface area contributed by atoms with Crippen molar-refractivity contribution in [1.82, 2.24) is 0 Å². The zero-order valence-corrected chi connectivity index (χ0v) is 15.1. The fourth-order valence-electron chi connectivity index (χ4n) is 2.42. The molecule has 0 fully saturated rings. The Morgan fingerprint density at radius 1 is 0.917 bits per heavy atom. The minimum atomic E-state index is -3.61. The van der Waals surface area contributed by atoms with Crippen molar-refractivity contribution in [2.24, 2.45) is 0 Å². The Bertz CT molecular complexity index is 737. The molecule has 0 saturated carbocycles. The summed E-state index contributed by atoms with van der Waals surface area (Å²) in [6.07, 6.45) is 0. The molecule has 5 nitrogen and oxygen atoms in total. The van der Waals surface area contributed by atoms with Gasteiger partial charge in [-0.2, -0.15) is 0 Å².